The fourth-order valence-electron chi connectivity index (χ4n) is 2.83. The average molecular weight is 326 g/mol. The van der Waals surface area contributed by atoms with Gasteiger partial charge in [0, 0.05) is 12.2 Å². The summed E-state index contributed by atoms with van der Waals surface area (Å²) in [5.41, 5.74) is 5.77. The summed E-state index contributed by atoms with van der Waals surface area (Å²) in [6.45, 7) is 7.50. The van der Waals surface area contributed by atoms with Gasteiger partial charge in [-0.1, -0.05) is 12.1 Å². The van der Waals surface area contributed by atoms with Crippen LogP contribution in [0.2, 0.25) is 0 Å². The Morgan fingerprint density at radius 2 is 2.00 bits per heavy atom. The maximum Gasteiger partial charge on any atom is 0.410 e. The molecule has 1 aromatic carbocycles. The number of nitrogens with one attached hydrogen (secondary N) is 1. The van der Waals surface area contributed by atoms with Gasteiger partial charge in [-0.05, 0) is 44.5 Å². The van der Waals surface area contributed by atoms with Gasteiger partial charge in [0.15, 0.2) is 0 Å². The summed E-state index contributed by atoms with van der Waals surface area (Å²) < 4.78 is 5.45. The third-order valence-electron chi connectivity index (χ3n) is 4.00. The van der Waals surface area contributed by atoms with Crippen molar-refractivity contribution in [2.75, 3.05) is 19.6 Å². The van der Waals surface area contributed by atoms with Gasteiger partial charge in [0.05, 0.1) is 30.8 Å². The predicted octanol–water partition coefficient (Wildman–Crippen LogP) is 2.55. The Hall–Kier alpha value is -2.52. The molecule has 2 heterocycles. The van der Waals surface area contributed by atoms with Crippen LogP contribution in [0.25, 0.3) is 0 Å². The van der Waals surface area contributed by atoms with Crippen LogP contribution in [-0.2, 0) is 4.74 Å². The zero-order valence-electron chi connectivity index (χ0n) is 14.2. The van der Waals surface area contributed by atoms with E-state index in [0.29, 0.717) is 18.7 Å². The smallest absolute Gasteiger partial charge is 0.410 e. The van der Waals surface area contributed by atoms with Crippen LogP contribution in [0.1, 0.15) is 37.9 Å². The monoisotopic (exact) mass is 326 g/mol. The van der Waals surface area contributed by atoms with Gasteiger partial charge in [0.1, 0.15) is 5.60 Å². The molecule has 0 bridgehead atoms. The van der Waals surface area contributed by atoms with Crippen LogP contribution in [0.3, 0.4) is 0 Å². The van der Waals surface area contributed by atoms with E-state index in [1.807, 2.05) is 45.0 Å². The van der Waals surface area contributed by atoms with Crippen LogP contribution < -0.4 is 5.43 Å². The number of hydrogen-bond donors (Lipinski definition) is 1. The van der Waals surface area contributed by atoms with Crippen LogP contribution in [-0.4, -0.2) is 41.2 Å². The maximum atomic E-state index is 12.2. The minimum absolute atomic E-state index is 0.0614. The van der Waals surface area contributed by atoms with E-state index in [1.54, 1.807) is 4.90 Å². The zero-order chi connectivity index (χ0) is 17.3. The van der Waals surface area contributed by atoms with Gasteiger partial charge in [-0.3, -0.25) is 0 Å². The summed E-state index contributed by atoms with van der Waals surface area (Å²) in [5.74, 6) is 0. The molecule has 0 spiro atoms. The van der Waals surface area contributed by atoms with Gasteiger partial charge in [-0.25, -0.2) is 10.2 Å². The molecule has 1 unspecified atom stereocenters. The molecule has 126 valence electrons. The van der Waals surface area contributed by atoms with Crippen LogP contribution in [0.15, 0.2) is 36.0 Å². The Morgan fingerprint density at radius 1 is 1.29 bits per heavy atom. The van der Waals surface area contributed by atoms with Gasteiger partial charge in [-0.15, -0.1) is 0 Å². The molecule has 1 amide bonds. The lowest BCUT2D eigenvalue weighted by Gasteiger charge is -2.36. The van der Waals surface area contributed by atoms with Crippen molar-refractivity contribution >= 4 is 6.09 Å². The first kappa shape index (κ1) is 16.3. The van der Waals surface area contributed by atoms with Gasteiger partial charge >= 0.3 is 6.09 Å². The first-order valence-electron chi connectivity index (χ1n) is 8.08. The van der Waals surface area contributed by atoms with Crippen LogP contribution in [0.4, 0.5) is 4.79 Å². The number of piperazine rings is 1. The molecular weight excluding hydrogens is 304 g/mol. The second-order valence-corrected chi connectivity index (χ2v) is 7.05. The molecule has 1 saturated heterocycles. The van der Waals surface area contributed by atoms with Crippen LogP contribution >= 0.6 is 0 Å². The second kappa shape index (κ2) is 6.17. The van der Waals surface area contributed by atoms with Gasteiger partial charge in [0.2, 0.25) is 0 Å². The number of benzene rings is 1. The van der Waals surface area contributed by atoms with Crippen molar-refractivity contribution in [1.82, 2.24) is 15.3 Å². The minimum Gasteiger partial charge on any atom is -0.444 e. The number of nitrogens with zero attached hydrogens (tertiary/aromatic N) is 3. The van der Waals surface area contributed by atoms with E-state index in [4.69, 9.17) is 10.00 Å². The summed E-state index contributed by atoms with van der Waals surface area (Å²) >= 11 is 0. The Bertz CT molecular complexity index is 697. The summed E-state index contributed by atoms with van der Waals surface area (Å²) in [7, 11) is 0. The molecule has 0 radical (unpaired) electrons. The molecule has 0 saturated carbocycles. The number of nitriles is 1. The summed E-state index contributed by atoms with van der Waals surface area (Å²) in [6.07, 6.45) is 1.85. The second-order valence-electron chi connectivity index (χ2n) is 7.05. The minimum atomic E-state index is -0.485. The fraction of sp³-hybridized carbons (Fsp3) is 0.444. The van der Waals surface area contributed by atoms with Crippen LogP contribution in [0.5, 0.6) is 0 Å². The molecule has 0 aromatic heterocycles. The summed E-state index contributed by atoms with van der Waals surface area (Å²) in [6, 6.07) is 9.74. The SMILES string of the molecule is CC(C)(C)OC(=O)N1CCN2NC(c3ccc(C#N)cc3)C=C2C1. The Labute approximate surface area is 142 Å². The molecule has 1 aromatic rings. The average Bonchev–Trinajstić information content (AvgIpc) is 2.96. The van der Waals surface area contributed by atoms with E-state index < -0.39 is 5.60 Å². The lowest BCUT2D eigenvalue weighted by Crippen LogP contribution is -2.50. The molecule has 2 aliphatic rings. The molecule has 1 N–H and O–H groups in total. The normalized spacial score (nSPS) is 20.2. The Kier molecular flexibility index (Phi) is 4.20. The van der Waals surface area contributed by atoms with E-state index in [1.165, 1.54) is 0 Å². The highest BCUT2D eigenvalue weighted by molar-refractivity contribution is 5.68. The fourth-order valence-corrected chi connectivity index (χ4v) is 2.83. The molecule has 24 heavy (non-hydrogen) atoms. The van der Waals surface area contributed by atoms with Crippen molar-refractivity contribution in [3.8, 4) is 6.07 Å². The number of ether oxygens (including phenoxy) is 1. The number of carbonyl (C=O) groups is 1. The highest BCUT2D eigenvalue weighted by Gasteiger charge is 2.32. The molecule has 2 aliphatic heterocycles. The first-order chi connectivity index (χ1) is 11.4. The standard InChI is InChI=1S/C18H22N4O2/c1-18(2,3)24-17(23)21-8-9-22-15(12-21)10-16(20-22)14-6-4-13(11-19)5-7-14/h4-7,10,16,20H,8-9,12H2,1-3H3. The quantitative estimate of drug-likeness (QED) is 0.859. The topological polar surface area (TPSA) is 68.6 Å². The highest BCUT2D eigenvalue weighted by Crippen LogP contribution is 2.27. The lowest BCUT2D eigenvalue weighted by atomic mass is 10.1. The Balaban J connectivity index is 1.69. The molecule has 6 nitrogen and oxygen atoms in total. The zero-order valence-corrected chi connectivity index (χ0v) is 14.2. The van der Waals surface area contributed by atoms with Gasteiger partial charge < -0.3 is 14.6 Å². The third kappa shape index (κ3) is 3.52. The Morgan fingerprint density at radius 3 is 2.62 bits per heavy atom. The largest absolute Gasteiger partial charge is 0.444 e. The predicted molar refractivity (Wildman–Crippen MR) is 89.6 cm³/mol. The number of carbonyl (C=O) groups excluding carboxylic acids is 1. The van der Waals surface area contributed by atoms with E-state index in [0.717, 1.165) is 17.8 Å². The van der Waals surface area contributed by atoms with E-state index in [2.05, 4.69) is 22.6 Å². The van der Waals surface area contributed by atoms with E-state index in [9.17, 15) is 4.79 Å². The highest BCUT2D eigenvalue weighted by atomic mass is 16.6. The number of fused-ring (bicyclic) bond motifs is 1. The van der Waals surface area contributed by atoms with Crippen molar-refractivity contribution < 1.29 is 9.53 Å². The summed E-state index contributed by atoms with van der Waals surface area (Å²) in [4.78, 5) is 14.0. The molecule has 6 heteroatoms. The van der Waals surface area contributed by atoms with Gasteiger partial charge in [0.25, 0.3) is 0 Å². The molecule has 3 rings (SSSR count). The molecule has 1 fully saturated rings. The third-order valence-corrected chi connectivity index (χ3v) is 4.00. The number of amides is 1. The number of hydrazine groups is 1. The number of rotatable bonds is 1. The first-order valence-corrected chi connectivity index (χ1v) is 8.08. The van der Waals surface area contributed by atoms with E-state index >= 15 is 0 Å². The molecular formula is C18H22N4O2. The van der Waals surface area contributed by atoms with Crippen molar-refractivity contribution in [3.63, 3.8) is 0 Å². The summed E-state index contributed by atoms with van der Waals surface area (Å²) in [5, 5.41) is 11.0. The van der Waals surface area contributed by atoms with E-state index in [-0.39, 0.29) is 12.1 Å². The van der Waals surface area contributed by atoms with Crippen molar-refractivity contribution in [1.29, 1.82) is 5.26 Å². The van der Waals surface area contributed by atoms with Crippen LogP contribution in [0, 0.1) is 11.3 Å². The molecule has 0 aliphatic carbocycles. The van der Waals surface area contributed by atoms with Crippen molar-refractivity contribution in [2.45, 2.75) is 32.4 Å². The lowest BCUT2D eigenvalue weighted by molar-refractivity contribution is 0.0180. The maximum absolute atomic E-state index is 12.2. The van der Waals surface area contributed by atoms with Crippen molar-refractivity contribution in [2.24, 2.45) is 0 Å². The number of hydrogen-bond acceptors (Lipinski definition) is 5. The molecule has 1 atom stereocenters. The van der Waals surface area contributed by atoms with Gasteiger partial charge in [-0.2, -0.15) is 5.26 Å². The van der Waals surface area contributed by atoms with Crippen molar-refractivity contribution in [3.05, 3.63) is 47.2 Å².